The molecule has 1 aliphatic carbocycles. The number of carbonyl (C=O) groups excluding carboxylic acids is 2. The first-order valence-electron chi connectivity index (χ1n) is 6.94. The second-order valence-electron chi connectivity index (χ2n) is 5.11. The number of nitrogens with one attached hydrogen (secondary N) is 2. The molecule has 0 radical (unpaired) electrons. The molecule has 1 saturated carbocycles. The van der Waals surface area contributed by atoms with Crippen LogP contribution in [-0.2, 0) is 11.3 Å². The summed E-state index contributed by atoms with van der Waals surface area (Å²) in [6, 6.07) is 10.5. The van der Waals surface area contributed by atoms with E-state index in [0.717, 1.165) is 12.8 Å². The van der Waals surface area contributed by atoms with Crippen molar-refractivity contribution in [2.75, 3.05) is 5.32 Å². The first kappa shape index (κ1) is 13.4. The molecule has 1 heterocycles. The molecule has 2 amide bonds. The van der Waals surface area contributed by atoms with Crippen LogP contribution in [0.3, 0.4) is 0 Å². The molecule has 0 spiro atoms. The zero-order valence-corrected chi connectivity index (χ0v) is 11.5. The summed E-state index contributed by atoms with van der Waals surface area (Å²) >= 11 is 0. The van der Waals surface area contributed by atoms with Crippen molar-refractivity contribution < 1.29 is 14.0 Å². The predicted molar refractivity (Wildman–Crippen MR) is 77.7 cm³/mol. The van der Waals surface area contributed by atoms with Crippen molar-refractivity contribution in [3.63, 3.8) is 0 Å². The molecule has 21 heavy (non-hydrogen) atoms. The summed E-state index contributed by atoms with van der Waals surface area (Å²) in [5.41, 5.74) is 1.16. The van der Waals surface area contributed by atoms with E-state index in [0.29, 0.717) is 23.6 Å². The van der Waals surface area contributed by atoms with Gasteiger partial charge >= 0.3 is 0 Å². The highest BCUT2D eigenvalue weighted by atomic mass is 16.3. The van der Waals surface area contributed by atoms with Gasteiger partial charge in [-0.05, 0) is 43.2 Å². The molecule has 5 heteroatoms. The van der Waals surface area contributed by atoms with Crippen LogP contribution < -0.4 is 10.6 Å². The molecule has 0 saturated heterocycles. The van der Waals surface area contributed by atoms with Crippen LogP contribution in [0.5, 0.6) is 0 Å². The third-order valence-corrected chi connectivity index (χ3v) is 3.34. The van der Waals surface area contributed by atoms with Gasteiger partial charge in [-0.3, -0.25) is 9.59 Å². The summed E-state index contributed by atoms with van der Waals surface area (Å²) in [4.78, 5) is 23.8. The molecule has 2 N–H and O–H groups in total. The molecule has 1 fully saturated rings. The Morgan fingerprint density at radius 2 is 2.05 bits per heavy atom. The Bertz CT molecular complexity index is 645. The Morgan fingerprint density at radius 3 is 2.76 bits per heavy atom. The quantitative estimate of drug-likeness (QED) is 0.886. The third kappa shape index (κ3) is 3.51. The van der Waals surface area contributed by atoms with Crippen molar-refractivity contribution in [1.29, 1.82) is 0 Å². The summed E-state index contributed by atoms with van der Waals surface area (Å²) < 4.78 is 5.16. The van der Waals surface area contributed by atoms with E-state index in [2.05, 4.69) is 10.6 Å². The van der Waals surface area contributed by atoms with Gasteiger partial charge in [-0.25, -0.2) is 0 Å². The maximum Gasteiger partial charge on any atom is 0.251 e. The fourth-order valence-corrected chi connectivity index (χ4v) is 2.01. The summed E-state index contributed by atoms with van der Waals surface area (Å²) in [6.45, 7) is 0.338. The van der Waals surface area contributed by atoms with Crippen molar-refractivity contribution in [2.45, 2.75) is 19.4 Å². The van der Waals surface area contributed by atoms with Gasteiger partial charge in [0, 0.05) is 17.2 Å². The van der Waals surface area contributed by atoms with Crippen LogP contribution in [0, 0.1) is 5.92 Å². The minimum absolute atomic E-state index is 0.0307. The summed E-state index contributed by atoms with van der Waals surface area (Å²) in [6.07, 6.45) is 3.47. The first-order chi connectivity index (χ1) is 10.2. The molecule has 5 nitrogen and oxygen atoms in total. The lowest BCUT2D eigenvalue weighted by molar-refractivity contribution is -0.117. The largest absolute Gasteiger partial charge is 0.467 e. The number of carbonyl (C=O) groups is 2. The highest BCUT2D eigenvalue weighted by molar-refractivity contribution is 5.98. The molecule has 1 aromatic heterocycles. The van der Waals surface area contributed by atoms with Gasteiger partial charge in [0.05, 0.1) is 12.8 Å². The minimum atomic E-state index is -0.200. The molecule has 0 aliphatic heterocycles. The van der Waals surface area contributed by atoms with Gasteiger partial charge in [0.2, 0.25) is 5.91 Å². The maximum absolute atomic E-state index is 12.1. The van der Waals surface area contributed by atoms with E-state index in [9.17, 15) is 9.59 Å². The Morgan fingerprint density at radius 1 is 1.19 bits per heavy atom. The molecule has 0 bridgehead atoms. The maximum atomic E-state index is 12.1. The molecule has 1 aromatic carbocycles. The number of hydrogen-bond donors (Lipinski definition) is 2. The SMILES string of the molecule is O=C(NCc1ccco1)c1cccc(NC(=O)C2CC2)c1. The van der Waals surface area contributed by atoms with Gasteiger partial charge in [-0.2, -0.15) is 0 Å². The standard InChI is InChI=1S/C16H16N2O3/c19-15(17-10-14-5-2-8-21-14)12-3-1-4-13(9-12)18-16(20)11-6-7-11/h1-5,8-9,11H,6-7,10H2,(H,17,19)(H,18,20). The van der Waals surface area contributed by atoms with Gasteiger partial charge in [0.25, 0.3) is 5.91 Å². The van der Waals surface area contributed by atoms with Gasteiger partial charge < -0.3 is 15.1 Å². The Balaban J connectivity index is 1.61. The molecule has 3 rings (SSSR count). The van der Waals surface area contributed by atoms with E-state index >= 15 is 0 Å². The second kappa shape index (κ2) is 5.83. The highest BCUT2D eigenvalue weighted by Gasteiger charge is 2.29. The predicted octanol–water partition coefficient (Wildman–Crippen LogP) is 2.56. The van der Waals surface area contributed by atoms with Gasteiger partial charge in [-0.15, -0.1) is 0 Å². The van der Waals surface area contributed by atoms with Crippen molar-refractivity contribution in [2.24, 2.45) is 5.92 Å². The van der Waals surface area contributed by atoms with Gasteiger partial charge in [0.15, 0.2) is 0 Å². The zero-order valence-electron chi connectivity index (χ0n) is 11.5. The third-order valence-electron chi connectivity index (χ3n) is 3.34. The van der Waals surface area contributed by atoms with Gasteiger partial charge in [-0.1, -0.05) is 6.07 Å². The lowest BCUT2D eigenvalue weighted by Crippen LogP contribution is -2.22. The van der Waals surface area contributed by atoms with E-state index in [1.165, 1.54) is 0 Å². The van der Waals surface area contributed by atoms with Crippen molar-refractivity contribution >= 4 is 17.5 Å². The second-order valence-corrected chi connectivity index (χ2v) is 5.11. The number of hydrogen-bond acceptors (Lipinski definition) is 3. The fraction of sp³-hybridized carbons (Fsp3) is 0.250. The lowest BCUT2D eigenvalue weighted by Gasteiger charge is -2.07. The Labute approximate surface area is 122 Å². The number of anilines is 1. The summed E-state index contributed by atoms with van der Waals surface area (Å²) in [5, 5.41) is 5.60. The fourth-order valence-electron chi connectivity index (χ4n) is 2.01. The summed E-state index contributed by atoms with van der Waals surface area (Å²) in [5.74, 6) is 0.667. The molecule has 1 aliphatic rings. The van der Waals surface area contributed by atoms with Crippen LogP contribution in [0.2, 0.25) is 0 Å². The van der Waals surface area contributed by atoms with E-state index < -0.39 is 0 Å². The van der Waals surface area contributed by atoms with Crippen LogP contribution in [0.25, 0.3) is 0 Å². The smallest absolute Gasteiger partial charge is 0.251 e. The van der Waals surface area contributed by atoms with E-state index in [1.807, 2.05) is 0 Å². The monoisotopic (exact) mass is 284 g/mol. The first-order valence-corrected chi connectivity index (χ1v) is 6.94. The number of amides is 2. The highest BCUT2D eigenvalue weighted by Crippen LogP contribution is 2.30. The average Bonchev–Trinajstić information content (AvgIpc) is 3.22. The molecule has 2 aromatic rings. The van der Waals surface area contributed by atoms with E-state index in [-0.39, 0.29) is 17.7 Å². The van der Waals surface area contributed by atoms with Crippen molar-refractivity contribution in [3.05, 3.63) is 54.0 Å². The van der Waals surface area contributed by atoms with Crippen LogP contribution in [0.4, 0.5) is 5.69 Å². The summed E-state index contributed by atoms with van der Waals surface area (Å²) in [7, 11) is 0. The van der Waals surface area contributed by atoms with Crippen LogP contribution in [0.1, 0.15) is 29.0 Å². The number of furan rings is 1. The molecule has 108 valence electrons. The zero-order chi connectivity index (χ0) is 14.7. The van der Waals surface area contributed by atoms with E-state index in [4.69, 9.17) is 4.42 Å². The average molecular weight is 284 g/mol. The number of rotatable bonds is 5. The van der Waals surface area contributed by atoms with Crippen LogP contribution in [0.15, 0.2) is 47.1 Å². The number of benzene rings is 1. The normalized spacial score (nSPS) is 13.7. The van der Waals surface area contributed by atoms with Crippen molar-refractivity contribution in [3.8, 4) is 0 Å². The molecule has 0 unspecified atom stereocenters. The van der Waals surface area contributed by atoms with Crippen LogP contribution in [-0.4, -0.2) is 11.8 Å². The van der Waals surface area contributed by atoms with E-state index in [1.54, 1.807) is 42.7 Å². The molecule has 0 atom stereocenters. The molecular formula is C16H16N2O3. The molecular weight excluding hydrogens is 268 g/mol. The minimum Gasteiger partial charge on any atom is -0.467 e. The van der Waals surface area contributed by atoms with Crippen LogP contribution >= 0.6 is 0 Å². The van der Waals surface area contributed by atoms with Crippen molar-refractivity contribution in [1.82, 2.24) is 5.32 Å². The van der Waals surface area contributed by atoms with Gasteiger partial charge in [0.1, 0.15) is 5.76 Å². The lowest BCUT2D eigenvalue weighted by atomic mass is 10.2. The Hall–Kier alpha value is -2.56. The Kier molecular flexibility index (Phi) is 3.73. The topological polar surface area (TPSA) is 71.3 Å².